The number of carbonyl (C=O) groups excluding carboxylic acids is 2. The second kappa shape index (κ2) is 12.7. The van der Waals surface area contributed by atoms with Crippen molar-refractivity contribution in [2.75, 3.05) is 13.7 Å². The van der Waals surface area contributed by atoms with Gasteiger partial charge in [-0.1, -0.05) is 54.1 Å². The Morgan fingerprint density at radius 1 is 0.886 bits per heavy atom. The molecule has 3 aliphatic rings. The summed E-state index contributed by atoms with van der Waals surface area (Å²) < 4.78 is 11.7. The van der Waals surface area contributed by atoms with Crippen molar-refractivity contribution in [3.05, 3.63) is 121 Å². The van der Waals surface area contributed by atoms with Crippen LogP contribution in [-0.2, 0) is 22.6 Å². The van der Waals surface area contributed by atoms with E-state index in [4.69, 9.17) is 21.1 Å². The number of halogens is 1. The first-order valence-electron chi connectivity index (χ1n) is 14.9. The van der Waals surface area contributed by atoms with Crippen LogP contribution in [0.5, 0.6) is 11.5 Å². The van der Waals surface area contributed by atoms with Crippen LogP contribution in [0, 0.1) is 10.1 Å². The molecule has 9 heteroatoms. The number of hydrogen-bond donors (Lipinski definition) is 0. The lowest BCUT2D eigenvalue weighted by atomic mass is 9.71. The number of Topliss-reactive ketones (excluding diaryl/α,β-unsaturated/α-hetero) is 2. The van der Waals surface area contributed by atoms with Crippen LogP contribution in [-0.4, -0.2) is 35.0 Å². The first-order chi connectivity index (χ1) is 21.4. The molecule has 8 nitrogen and oxygen atoms in total. The van der Waals surface area contributed by atoms with Crippen molar-refractivity contribution in [1.82, 2.24) is 4.90 Å². The van der Waals surface area contributed by atoms with Crippen molar-refractivity contribution in [3.8, 4) is 11.5 Å². The summed E-state index contributed by atoms with van der Waals surface area (Å²) in [6, 6.07) is 20.0. The summed E-state index contributed by atoms with van der Waals surface area (Å²) in [5.74, 6) is 0.239. The molecule has 1 aliphatic heterocycles. The zero-order valence-corrected chi connectivity index (χ0v) is 25.3. The summed E-state index contributed by atoms with van der Waals surface area (Å²) >= 11 is 6.82. The van der Waals surface area contributed by atoms with E-state index in [-0.39, 0.29) is 34.6 Å². The van der Waals surface area contributed by atoms with Gasteiger partial charge in [-0.2, -0.15) is 0 Å². The number of nitro groups is 1. The molecule has 3 aromatic carbocycles. The van der Waals surface area contributed by atoms with Crippen LogP contribution in [0.15, 0.2) is 89.3 Å². The number of methoxy groups -OCH3 is 1. The fourth-order valence-electron chi connectivity index (χ4n) is 6.67. The molecule has 0 saturated carbocycles. The maximum absolute atomic E-state index is 13.7. The Labute approximate surface area is 261 Å². The average Bonchev–Trinajstić information content (AvgIpc) is 3.03. The summed E-state index contributed by atoms with van der Waals surface area (Å²) in [6.45, 7) is 0.738. The van der Waals surface area contributed by atoms with E-state index in [1.807, 2.05) is 18.2 Å². The van der Waals surface area contributed by atoms with Crippen molar-refractivity contribution >= 4 is 28.9 Å². The largest absolute Gasteiger partial charge is 0.493 e. The van der Waals surface area contributed by atoms with Gasteiger partial charge in [0, 0.05) is 60.0 Å². The highest BCUT2D eigenvalue weighted by Crippen LogP contribution is 2.51. The van der Waals surface area contributed by atoms with E-state index in [1.165, 1.54) is 24.8 Å². The highest BCUT2D eigenvalue weighted by atomic mass is 35.5. The van der Waals surface area contributed by atoms with Crippen LogP contribution < -0.4 is 9.47 Å². The molecule has 0 N–H and O–H groups in total. The fraction of sp³-hybridized carbons (Fsp3) is 0.314. The van der Waals surface area contributed by atoms with Gasteiger partial charge in [0.25, 0.3) is 5.69 Å². The van der Waals surface area contributed by atoms with E-state index >= 15 is 0 Å². The summed E-state index contributed by atoms with van der Waals surface area (Å²) in [6.07, 6.45) is 4.77. The molecule has 0 unspecified atom stereocenters. The van der Waals surface area contributed by atoms with Gasteiger partial charge in [0.2, 0.25) is 0 Å². The second-order valence-electron chi connectivity index (χ2n) is 11.3. The zero-order valence-electron chi connectivity index (χ0n) is 24.5. The van der Waals surface area contributed by atoms with Gasteiger partial charge in [-0.15, -0.1) is 0 Å². The predicted octanol–water partition coefficient (Wildman–Crippen LogP) is 7.49. The minimum absolute atomic E-state index is 0.0305. The first-order valence-corrected chi connectivity index (χ1v) is 15.3. The summed E-state index contributed by atoms with van der Waals surface area (Å²) in [4.78, 5) is 40.4. The van der Waals surface area contributed by atoms with Crippen molar-refractivity contribution < 1.29 is 24.0 Å². The monoisotopic (exact) mass is 612 g/mol. The maximum Gasteiger partial charge on any atom is 0.269 e. The van der Waals surface area contributed by atoms with Gasteiger partial charge in [-0.25, -0.2) is 0 Å². The van der Waals surface area contributed by atoms with Crippen molar-refractivity contribution in [2.45, 2.75) is 57.5 Å². The number of rotatable bonds is 9. The summed E-state index contributed by atoms with van der Waals surface area (Å²) in [5.41, 5.74) is 5.88. The van der Waals surface area contributed by atoms with Gasteiger partial charge in [-0.05, 0) is 60.9 Å². The molecule has 226 valence electrons. The molecule has 0 bridgehead atoms. The van der Waals surface area contributed by atoms with Crippen LogP contribution in [0.25, 0.3) is 0 Å². The number of allylic oxidation sites excluding steroid dienone is 4. The molecule has 0 fully saturated rings. The van der Waals surface area contributed by atoms with Crippen molar-refractivity contribution in [1.29, 1.82) is 0 Å². The predicted molar refractivity (Wildman–Crippen MR) is 167 cm³/mol. The third-order valence-corrected chi connectivity index (χ3v) is 8.92. The minimum atomic E-state index is -0.536. The highest BCUT2D eigenvalue weighted by Gasteiger charge is 2.43. The molecule has 3 aromatic rings. The molecule has 0 spiro atoms. The standard InChI is InChI=1S/C35H33ClN2O6/c1-43-31-20-24(19-26(36)35(31)44-21-23-10-5-11-25(18-23)38(41)42)32-33-27(12-6-14-29(33)39)37(17-16-22-8-3-2-4-9-22)28-13-7-15-30(40)34(28)32/h2-5,8-11,18-20,32H,6-7,12-17,21H2,1H3. The van der Waals surface area contributed by atoms with Gasteiger partial charge in [0.15, 0.2) is 23.1 Å². The zero-order chi connectivity index (χ0) is 30.8. The lowest BCUT2D eigenvalue weighted by molar-refractivity contribution is -0.384. The molecule has 1 heterocycles. The summed E-state index contributed by atoms with van der Waals surface area (Å²) in [5, 5.41) is 11.5. The smallest absolute Gasteiger partial charge is 0.269 e. The average molecular weight is 613 g/mol. The van der Waals surface area contributed by atoms with Crippen LogP contribution in [0.1, 0.15) is 61.1 Å². The molecule has 0 aromatic heterocycles. The van der Waals surface area contributed by atoms with E-state index in [9.17, 15) is 19.7 Å². The normalized spacial score (nSPS) is 17.0. The SMILES string of the molecule is COc1cc(C2C3=C(CCCC3=O)N(CCc3ccccc3)C3=C2C(=O)CCC3)cc(Cl)c1OCc1cccc([N+](=O)[O-])c1. The quantitative estimate of drug-likeness (QED) is 0.182. The lowest BCUT2D eigenvalue weighted by Gasteiger charge is -2.44. The third-order valence-electron chi connectivity index (χ3n) is 8.64. The number of hydrogen-bond acceptors (Lipinski definition) is 7. The Morgan fingerprint density at radius 2 is 1.55 bits per heavy atom. The Balaban J connectivity index is 1.39. The van der Waals surface area contributed by atoms with E-state index < -0.39 is 10.8 Å². The number of benzene rings is 3. The minimum Gasteiger partial charge on any atom is -0.493 e. The van der Waals surface area contributed by atoms with E-state index in [0.29, 0.717) is 47.4 Å². The lowest BCUT2D eigenvalue weighted by Crippen LogP contribution is -2.40. The second-order valence-corrected chi connectivity index (χ2v) is 11.8. The molecular weight excluding hydrogens is 580 g/mol. The van der Waals surface area contributed by atoms with Crippen LogP contribution >= 0.6 is 11.6 Å². The molecule has 0 amide bonds. The molecule has 44 heavy (non-hydrogen) atoms. The number of non-ortho nitro benzene ring substituents is 1. The molecule has 0 radical (unpaired) electrons. The fourth-order valence-corrected chi connectivity index (χ4v) is 6.94. The van der Waals surface area contributed by atoms with E-state index in [0.717, 1.165) is 43.5 Å². The Kier molecular flexibility index (Phi) is 8.53. The Hall–Kier alpha value is -4.43. The van der Waals surface area contributed by atoms with Gasteiger partial charge < -0.3 is 14.4 Å². The van der Waals surface area contributed by atoms with Crippen molar-refractivity contribution in [3.63, 3.8) is 0 Å². The Bertz CT molecular complexity index is 1650. The first kappa shape index (κ1) is 29.6. The maximum atomic E-state index is 13.7. The number of ketones is 2. The number of nitro benzene ring substituents is 1. The number of ether oxygens (including phenoxy) is 2. The van der Waals surface area contributed by atoms with Gasteiger partial charge in [0.1, 0.15) is 6.61 Å². The van der Waals surface area contributed by atoms with Gasteiger partial charge in [0.05, 0.1) is 17.1 Å². The van der Waals surface area contributed by atoms with E-state index in [1.54, 1.807) is 24.3 Å². The van der Waals surface area contributed by atoms with Crippen LogP contribution in [0.4, 0.5) is 5.69 Å². The molecule has 0 atom stereocenters. The van der Waals surface area contributed by atoms with Crippen LogP contribution in [0.2, 0.25) is 5.02 Å². The molecule has 6 rings (SSSR count). The van der Waals surface area contributed by atoms with E-state index in [2.05, 4.69) is 17.0 Å². The number of nitrogens with zero attached hydrogens (tertiary/aromatic N) is 2. The highest BCUT2D eigenvalue weighted by molar-refractivity contribution is 6.32. The number of carbonyl (C=O) groups is 2. The van der Waals surface area contributed by atoms with Gasteiger partial charge >= 0.3 is 0 Å². The van der Waals surface area contributed by atoms with Crippen molar-refractivity contribution in [2.24, 2.45) is 0 Å². The molecule has 0 saturated heterocycles. The summed E-state index contributed by atoms with van der Waals surface area (Å²) in [7, 11) is 1.51. The van der Waals surface area contributed by atoms with Crippen LogP contribution in [0.3, 0.4) is 0 Å². The molecular formula is C35H33ClN2O6. The third kappa shape index (κ3) is 5.74. The van der Waals surface area contributed by atoms with Gasteiger partial charge in [-0.3, -0.25) is 19.7 Å². The Morgan fingerprint density at radius 3 is 2.18 bits per heavy atom. The topological polar surface area (TPSA) is 99.0 Å². The molecule has 2 aliphatic carbocycles.